The van der Waals surface area contributed by atoms with Crippen molar-refractivity contribution in [2.45, 2.75) is 47.0 Å². The van der Waals surface area contributed by atoms with Crippen molar-refractivity contribution >= 4 is 16.9 Å². The molecule has 0 unspecified atom stereocenters. The molecule has 1 amide bonds. The lowest BCUT2D eigenvalue weighted by molar-refractivity contribution is -0.121. The minimum atomic E-state index is 0.0758. The molecule has 0 atom stereocenters. The molecule has 2 aromatic carbocycles. The monoisotopic (exact) mass is 426 g/mol. The summed E-state index contributed by atoms with van der Waals surface area (Å²) in [4.78, 5) is 17.3. The van der Waals surface area contributed by atoms with Gasteiger partial charge in [-0.2, -0.15) is 5.10 Å². The number of fused-ring (bicyclic) bond motifs is 1. The Morgan fingerprint density at radius 3 is 2.34 bits per heavy atom. The van der Waals surface area contributed by atoms with Crippen LogP contribution in [0.15, 0.2) is 54.6 Å². The second kappa shape index (κ2) is 9.35. The van der Waals surface area contributed by atoms with Gasteiger partial charge in [0.1, 0.15) is 0 Å². The van der Waals surface area contributed by atoms with Gasteiger partial charge in [0, 0.05) is 24.0 Å². The fraction of sp³-hybridized carbons (Fsp3) is 0.296. The Kier molecular flexibility index (Phi) is 6.35. The quantitative estimate of drug-likeness (QED) is 0.455. The van der Waals surface area contributed by atoms with E-state index in [1.807, 2.05) is 36.7 Å². The normalized spacial score (nSPS) is 11.1. The van der Waals surface area contributed by atoms with Crippen LogP contribution >= 0.6 is 0 Å². The largest absolute Gasteiger partial charge is 0.356 e. The summed E-state index contributed by atoms with van der Waals surface area (Å²) >= 11 is 0. The summed E-state index contributed by atoms with van der Waals surface area (Å²) in [5, 5.41) is 8.89. The van der Waals surface area contributed by atoms with Crippen molar-refractivity contribution in [3.05, 3.63) is 88.2 Å². The van der Waals surface area contributed by atoms with E-state index in [-0.39, 0.29) is 5.91 Å². The topological polar surface area (TPSA) is 59.8 Å². The second-order valence-electron chi connectivity index (χ2n) is 8.42. The molecule has 2 aromatic heterocycles. The second-order valence-corrected chi connectivity index (χ2v) is 8.42. The van der Waals surface area contributed by atoms with Crippen LogP contribution in [0.5, 0.6) is 0 Å². The van der Waals surface area contributed by atoms with Crippen LogP contribution in [0.1, 0.15) is 40.1 Å². The van der Waals surface area contributed by atoms with Crippen molar-refractivity contribution in [1.82, 2.24) is 20.1 Å². The lowest BCUT2D eigenvalue weighted by Crippen LogP contribution is -2.26. The van der Waals surface area contributed by atoms with Gasteiger partial charge in [0.15, 0.2) is 5.65 Å². The van der Waals surface area contributed by atoms with E-state index in [9.17, 15) is 4.79 Å². The number of carbonyl (C=O) groups excluding carboxylic acids is 1. The van der Waals surface area contributed by atoms with Gasteiger partial charge in [-0.05, 0) is 69.4 Å². The number of hydrogen-bond acceptors (Lipinski definition) is 3. The minimum absolute atomic E-state index is 0.0758. The predicted molar refractivity (Wildman–Crippen MR) is 129 cm³/mol. The molecule has 0 aliphatic carbocycles. The first kappa shape index (κ1) is 21.8. The van der Waals surface area contributed by atoms with Crippen LogP contribution in [0, 0.1) is 27.7 Å². The van der Waals surface area contributed by atoms with Crippen molar-refractivity contribution in [2.75, 3.05) is 6.54 Å². The standard InChI is InChI=1S/C27H30N4O/c1-18-10-12-23(13-11-18)31-27-26(21(4)30-31)19(2)24(20(3)29-27)14-15-25(32)28-17-16-22-8-6-5-7-9-22/h5-13H,14-17H2,1-4H3,(H,28,32). The van der Waals surface area contributed by atoms with E-state index in [1.54, 1.807) is 0 Å². The van der Waals surface area contributed by atoms with Gasteiger partial charge in [0.05, 0.1) is 11.4 Å². The molecule has 1 N–H and O–H groups in total. The number of pyridine rings is 1. The van der Waals surface area contributed by atoms with Gasteiger partial charge in [-0.1, -0.05) is 48.0 Å². The fourth-order valence-electron chi connectivity index (χ4n) is 4.26. The molecular formula is C27H30N4O. The van der Waals surface area contributed by atoms with Gasteiger partial charge in [0.2, 0.25) is 5.91 Å². The van der Waals surface area contributed by atoms with E-state index in [4.69, 9.17) is 10.1 Å². The van der Waals surface area contributed by atoms with Crippen LogP contribution in [0.4, 0.5) is 0 Å². The summed E-state index contributed by atoms with van der Waals surface area (Å²) in [5.41, 5.74) is 8.55. The van der Waals surface area contributed by atoms with Gasteiger partial charge in [-0.15, -0.1) is 0 Å². The summed E-state index contributed by atoms with van der Waals surface area (Å²) in [7, 11) is 0. The number of amides is 1. The third-order valence-corrected chi connectivity index (χ3v) is 6.03. The fourth-order valence-corrected chi connectivity index (χ4v) is 4.26. The molecule has 2 heterocycles. The summed E-state index contributed by atoms with van der Waals surface area (Å²) < 4.78 is 1.92. The maximum Gasteiger partial charge on any atom is 0.220 e. The van der Waals surface area contributed by atoms with Crippen molar-refractivity contribution in [1.29, 1.82) is 0 Å². The van der Waals surface area contributed by atoms with Gasteiger partial charge in [-0.3, -0.25) is 4.79 Å². The van der Waals surface area contributed by atoms with E-state index in [0.717, 1.165) is 40.1 Å². The molecule has 0 fully saturated rings. The van der Waals surface area contributed by atoms with Crippen LogP contribution < -0.4 is 5.32 Å². The Hall–Kier alpha value is -3.47. The molecule has 0 bridgehead atoms. The zero-order valence-electron chi connectivity index (χ0n) is 19.3. The molecule has 4 aromatic rings. The molecule has 4 rings (SSSR count). The van der Waals surface area contributed by atoms with Gasteiger partial charge in [-0.25, -0.2) is 9.67 Å². The summed E-state index contributed by atoms with van der Waals surface area (Å²) in [6.45, 7) is 8.90. The van der Waals surface area contributed by atoms with Gasteiger partial charge in [0.25, 0.3) is 0 Å². The zero-order valence-corrected chi connectivity index (χ0v) is 19.3. The number of nitrogens with zero attached hydrogens (tertiary/aromatic N) is 3. The molecule has 0 aliphatic rings. The van der Waals surface area contributed by atoms with Crippen LogP contribution in [0.3, 0.4) is 0 Å². The van der Waals surface area contributed by atoms with Gasteiger partial charge >= 0.3 is 0 Å². The van der Waals surface area contributed by atoms with Crippen LogP contribution in [-0.2, 0) is 17.6 Å². The molecule has 0 aliphatic heterocycles. The highest BCUT2D eigenvalue weighted by Gasteiger charge is 2.18. The molecule has 0 saturated carbocycles. The molecular weight excluding hydrogens is 396 g/mol. The van der Waals surface area contributed by atoms with Crippen molar-refractivity contribution in [3.63, 3.8) is 0 Å². The molecule has 5 nitrogen and oxygen atoms in total. The number of aryl methyl sites for hydroxylation is 4. The molecule has 32 heavy (non-hydrogen) atoms. The van der Waals surface area contributed by atoms with Crippen molar-refractivity contribution in [3.8, 4) is 5.69 Å². The van der Waals surface area contributed by atoms with E-state index < -0.39 is 0 Å². The smallest absolute Gasteiger partial charge is 0.220 e. The minimum Gasteiger partial charge on any atom is -0.356 e. The summed E-state index contributed by atoms with van der Waals surface area (Å²) in [6, 6.07) is 18.5. The van der Waals surface area contributed by atoms with E-state index in [0.29, 0.717) is 19.4 Å². The Bertz CT molecular complexity index is 1240. The van der Waals surface area contributed by atoms with Crippen molar-refractivity contribution in [2.24, 2.45) is 0 Å². The Labute approximate surface area is 189 Å². The third kappa shape index (κ3) is 4.57. The molecule has 0 spiro atoms. The highest BCUT2D eigenvalue weighted by molar-refractivity contribution is 5.85. The average Bonchev–Trinajstić information content (AvgIpc) is 3.11. The average molecular weight is 427 g/mol. The first-order valence-corrected chi connectivity index (χ1v) is 11.2. The maximum atomic E-state index is 12.4. The Balaban J connectivity index is 1.49. The Morgan fingerprint density at radius 2 is 1.62 bits per heavy atom. The highest BCUT2D eigenvalue weighted by atomic mass is 16.1. The van der Waals surface area contributed by atoms with E-state index >= 15 is 0 Å². The number of carbonyl (C=O) groups is 1. The molecule has 0 saturated heterocycles. The Morgan fingerprint density at radius 1 is 0.906 bits per heavy atom. The zero-order chi connectivity index (χ0) is 22.7. The number of benzene rings is 2. The lowest BCUT2D eigenvalue weighted by atomic mass is 9.99. The SMILES string of the molecule is Cc1ccc(-n2nc(C)c3c(C)c(CCC(=O)NCCc4ccccc4)c(C)nc32)cc1. The molecule has 0 radical (unpaired) electrons. The summed E-state index contributed by atoms with van der Waals surface area (Å²) in [6.07, 6.45) is 1.97. The lowest BCUT2D eigenvalue weighted by Gasteiger charge is -2.12. The van der Waals surface area contributed by atoms with Crippen LogP contribution in [0.2, 0.25) is 0 Å². The van der Waals surface area contributed by atoms with Gasteiger partial charge < -0.3 is 5.32 Å². The number of aromatic nitrogens is 3. The number of nitrogens with one attached hydrogen (secondary N) is 1. The predicted octanol–water partition coefficient (Wildman–Crippen LogP) is 4.95. The summed E-state index contributed by atoms with van der Waals surface area (Å²) in [5.74, 6) is 0.0758. The van der Waals surface area contributed by atoms with E-state index in [1.165, 1.54) is 16.7 Å². The number of hydrogen-bond donors (Lipinski definition) is 1. The first-order valence-electron chi connectivity index (χ1n) is 11.2. The van der Waals surface area contributed by atoms with Crippen molar-refractivity contribution < 1.29 is 4.79 Å². The highest BCUT2D eigenvalue weighted by Crippen LogP contribution is 2.28. The molecule has 5 heteroatoms. The first-order chi connectivity index (χ1) is 15.4. The van der Waals surface area contributed by atoms with Crippen LogP contribution in [-0.4, -0.2) is 27.2 Å². The van der Waals surface area contributed by atoms with Crippen LogP contribution in [0.25, 0.3) is 16.7 Å². The third-order valence-electron chi connectivity index (χ3n) is 6.03. The maximum absolute atomic E-state index is 12.4. The molecule has 164 valence electrons. The van der Waals surface area contributed by atoms with E-state index in [2.05, 4.69) is 55.6 Å². The number of rotatable bonds is 7.